The van der Waals surface area contributed by atoms with E-state index in [-0.39, 0.29) is 6.61 Å². The molecule has 0 unspecified atom stereocenters. The molecule has 8 nitrogen and oxygen atoms in total. The summed E-state index contributed by atoms with van der Waals surface area (Å²) in [6, 6.07) is 14.5. The molecule has 0 fully saturated rings. The molecule has 158 valence electrons. The maximum atomic E-state index is 6.08. The van der Waals surface area contributed by atoms with Crippen molar-refractivity contribution in [3.05, 3.63) is 65.1 Å². The molecule has 0 aliphatic rings. The molecule has 4 aromatic rings. The van der Waals surface area contributed by atoms with Crippen molar-refractivity contribution in [3.63, 3.8) is 0 Å². The largest absolute Gasteiger partial charge is 0.493 e. The zero-order valence-electron chi connectivity index (χ0n) is 17.1. The lowest BCUT2D eigenvalue weighted by Gasteiger charge is -2.09. The van der Waals surface area contributed by atoms with E-state index in [4.69, 9.17) is 30.3 Å². The van der Waals surface area contributed by atoms with E-state index in [0.717, 1.165) is 11.3 Å². The number of halogens is 1. The maximum absolute atomic E-state index is 6.08. The molecule has 0 radical (unpaired) electrons. The van der Waals surface area contributed by atoms with E-state index in [1.807, 2.05) is 31.2 Å². The summed E-state index contributed by atoms with van der Waals surface area (Å²) in [4.78, 5) is 13.3. The van der Waals surface area contributed by atoms with Crippen molar-refractivity contribution in [2.75, 3.05) is 14.2 Å². The molecule has 0 atom stereocenters. The van der Waals surface area contributed by atoms with Crippen LogP contribution in [0.2, 0.25) is 5.02 Å². The van der Waals surface area contributed by atoms with Crippen molar-refractivity contribution in [1.82, 2.24) is 20.1 Å². The Labute approximate surface area is 183 Å². The zero-order chi connectivity index (χ0) is 21.8. The number of aryl methyl sites for hydroxylation is 1. The Morgan fingerprint density at radius 2 is 1.77 bits per heavy atom. The number of para-hydroxylation sites is 1. The summed E-state index contributed by atoms with van der Waals surface area (Å²) in [5, 5.41) is 4.63. The molecule has 2 aromatic heterocycles. The Morgan fingerprint density at radius 3 is 2.55 bits per heavy atom. The van der Waals surface area contributed by atoms with Crippen molar-refractivity contribution >= 4 is 11.6 Å². The topological polar surface area (TPSA) is 92.4 Å². The van der Waals surface area contributed by atoms with E-state index in [1.165, 1.54) is 0 Å². The van der Waals surface area contributed by atoms with Gasteiger partial charge in [0.25, 0.3) is 5.89 Å². The van der Waals surface area contributed by atoms with E-state index in [9.17, 15) is 0 Å². The van der Waals surface area contributed by atoms with Gasteiger partial charge in [0.05, 0.1) is 19.8 Å². The van der Waals surface area contributed by atoms with Gasteiger partial charge in [0.2, 0.25) is 11.7 Å². The van der Waals surface area contributed by atoms with Gasteiger partial charge in [-0.1, -0.05) is 35.0 Å². The molecule has 0 N–H and O–H groups in total. The summed E-state index contributed by atoms with van der Waals surface area (Å²) < 4.78 is 21.9. The molecule has 9 heteroatoms. The SMILES string of the molecule is COc1cccc(-c2noc(COc3cc(C)nc(-c4cccc(Cl)c4)n3)n2)c1OC. The minimum atomic E-state index is 0.0464. The maximum Gasteiger partial charge on any atom is 0.264 e. The smallest absolute Gasteiger partial charge is 0.264 e. The number of benzene rings is 2. The second-order valence-electron chi connectivity index (χ2n) is 6.52. The van der Waals surface area contributed by atoms with Crippen molar-refractivity contribution in [1.29, 1.82) is 0 Å². The number of hydrogen-bond acceptors (Lipinski definition) is 8. The summed E-state index contributed by atoms with van der Waals surface area (Å²) in [6.45, 7) is 1.91. The summed E-state index contributed by atoms with van der Waals surface area (Å²) >= 11 is 6.08. The molecule has 2 aromatic carbocycles. The lowest BCUT2D eigenvalue weighted by molar-refractivity contribution is 0.235. The molecule has 4 rings (SSSR count). The third-order valence-electron chi connectivity index (χ3n) is 4.37. The summed E-state index contributed by atoms with van der Waals surface area (Å²) in [7, 11) is 3.12. The molecular formula is C22H19ClN4O4. The van der Waals surface area contributed by atoms with Crippen molar-refractivity contribution in [3.8, 4) is 40.2 Å². The molecule has 0 amide bonds. The van der Waals surface area contributed by atoms with Gasteiger partial charge in [-0.3, -0.25) is 0 Å². The van der Waals surface area contributed by atoms with Crippen LogP contribution in [0.1, 0.15) is 11.6 Å². The van der Waals surface area contributed by atoms with Crippen LogP contribution in [0.4, 0.5) is 0 Å². The first-order valence-corrected chi connectivity index (χ1v) is 9.73. The predicted octanol–water partition coefficient (Wildman–Crippen LogP) is 4.75. The second-order valence-corrected chi connectivity index (χ2v) is 6.96. The monoisotopic (exact) mass is 438 g/mol. The van der Waals surface area contributed by atoms with Crippen molar-refractivity contribution in [2.24, 2.45) is 0 Å². The first-order valence-electron chi connectivity index (χ1n) is 9.35. The second kappa shape index (κ2) is 9.01. The normalized spacial score (nSPS) is 10.7. The third-order valence-corrected chi connectivity index (χ3v) is 4.60. The van der Waals surface area contributed by atoms with Gasteiger partial charge in [0.15, 0.2) is 23.9 Å². The Balaban J connectivity index is 1.53. The minimum absolute atomic E-state index is 0.0464. The first-order chi connectivity index (χ1) is 15.1. The van der Waals surface area contributed by atoms with E-state index in [2.05, 4.69) is 20.1 Å². The highest BCUT2D eigenvalue weighted by Gasteiger charge is 2.17. The van der Waals surface area contributed by atoms with Crippen LogP contribution in [-0.2, 0) is 6.61 Å². The van der Waals surface area contributed by atoms with Crippen LogP contribution in [-0.4, -0.2) is 34.3 Å². The Hall–Kier alpha value is -3.65. The van der Waals surface area contributed by atoms with E-state index in [1.54, 1.807) is 38.5 Å². The number of ether oxygens (including phenoxy) is 3. The van der Waals surface area contributed by atoms with Gasteiger partial charge in [-0.2, -0.15) is 9.97 Å². The van der Waals surface area contributed by atoms with Crippen LogP contribution in [0.5, 0.6) is 17.4 Å². The van der Waals surface area contributed by atoms with Gasteiger partial charge in [-0.25, -0.2) is 4.98 Å². The highest BCUT2D eigenvalue weighted by atomic mass is 35.5. The molecule has 2 heterocycles. The van der Waals surface area contributed by atoms with Crippen LogP contribution in [0.3, 0.4) is 0 Å². The van der Waals surface area contributed by atoms with Gasteiger partial charge in [0.1, 0.15) is 0 Å². The standard InChI is InChI=1S/C22H19ClN4O4/c1-13-10-18(25-21(24-13)14-6-4-7-15(23)11-14)30-12-19-26-22(27-31-19)16-8-5-9-17(28-2)20(16)29-3/h4-11H,12H2,1-3H3. The summed E-state index contributed by atoms with van der Waals surface area (Å²) in [5.41, 5.74) is 2.21. The molecule has 0 spiro atoms. The van der Waals surface area contributed by atoms with Crippen LogP contribution >= 0.6 is 11.6 Å². The number of methoxy groups -OCH3 is 2. The van der Waals surface area contributed by atoms with Crippen LogP contribution in [0, 0.1) is 6.92 Å². The molecule has 0 bridgehead atoms. The number of nitrogens with zero attached hydrogens (tertiary/aromatic N) is 4. The number of hydrogen-bond donors (Lipinski definition) is 0. The average Bonchev–Trinajstić information content (AvgIpc) is 3.25. The fraction of sp³-hybridized carbons (Fsp3) is 0.182. The van der Waals surface area contributed by atoms with Crippen molar-refractivity contribution in [2.45, 2.75) is 13.5 Å². The number of aromatic nitrogens is 4. The van der Waals surface area contributed by atoms with Crippen LogP contribution in [0.25, 0.3) is 22.8 Å². The van der Waals surface area contributed by atoms with E-state index in [0.29, 0.717) is 45.5 Å². The summed E-state index contributed by atoms with van der Waals surface area (Å²) in [5.74, 6) is 2.67. The van der Waals surface area contributed by atoms with Crippen LogP contribution in [0.15, 0.2) is 53.1 Å². The lowest BCUT2D eigenvalue weighted by Crippen LogP contribution is -2.01. The first kappa shape index (κ1) is 20.6. The molecular weight excluding hydrogens is 420 g/mol. The number of rotatable bonds is 7. The predicted molar refractivity (Wildman–Crippen MR) is 114 cm³/mol. The van der Waals surface area contributed by atoms with Gasteiger partial charge in [0, 0.05) is 22.3 Å². The molecule has 0 aliphatic carbocycles. The Kier molecular flexibility index (Phi) is 5.99. The molecule has 0 saturated carbocycles. The van der Waals surface area contributed by atoms with Gasteiger partial charge < -0.3 is 18.7 Å². The lowest BCUT2D eigenvalue weighted by atomic mass is 10.1. The van der Waals surface area contributed by atoms with Gasteiger partial charge >= 0.3 is 0 Å². The Morgan fingerprint density at radius 1 is 0.935 bits per heavy atom. The third kappa shape index (κ3) is 4.59. The highest BCUT2D eigenvalue weighted by molar-refractivity contribution is 6.30. The zero-order valence-corrected chi connectivity index (χ0v) is 17.9. The van der Waals surface area contributed by atoms with Crippen molar-refractivity contribution < 1.29 is 18.7 Å². The quantitative estimate of drug-likeness (QED) is 0.408. The minimum Gasteiger partial charge on any atom is -0.493 e. The molecule has 0 saturated heterocycles. The fourth-order valence-electron chi connectivity index (χ4n) is 2.99. The average molecular weight is 439 g/mol. The molecule has 31 heavy (non-hydrogen) atoms. The van der Waals surface area contributed by atoms with E-state index < -0.39 is 0 Å². The van der Waals surface area contributed by atoms with Gasteiger partial charge in [-0.05, 0) is 31.2 Å². The highest BCUT2D eigenvalue weighted by Crippen LogP contribution is 2.36. The Bertz CT molecular complexity index is 1210. The summed E-state index contributed by atoms with van der Waals surface area (Å²) in [6.07, 6.45) is 0. The van der Waals surface area contributed by atoms with Crippen LogP contribution < -0.4 is 14.2 Å². The van der Waals surface area contributed by atoms with E-state index >= 15 is 0 Å². The van der Waals surface area contributed by atoms with Gasteiger partial charge in [-0.15, -0.1) is 0 Å². The molecule has 0 aliphatic heterocycles. The fourth-order valence-corrected chi connectivity index (χ4v) is 3.18.